The molecule has 0 atom stereocenters. The van der Waals surface area contributed by atoms with Gasteiger partial charge in [0, 0.05) is 18.2 Å². The standard InChI is InChI=1S/C10H11NO/c1-7-5-8-3-4-9(12-2)6-10(8)11-7/h3-4,6H,5H2,1-2H3. The summed E-state index contributed by atoms with van der Waals surface area (Å²) in [5.74, 6) is 0.882. The zero-order valence-corrected chi connectivity index (χ0v) is 7.29. The van der Waals surface area contributed by atoms with Crippen LogP contribution < -0.4 is 4.74 Å². The molecule has 0 N–H and O–H groups in total. The predicted molar refractivity (Wildman–Crippen MR) is 49.5 cm³/mol. The van der Waals surface area contributed by atoms with E-state index in [0.717, 1.165) is 17.9 Å². The van der Waals surface area contributed by atoms with Crippen LogP contribution >= 0.6 is 0 Å². The van der Waals surface area contributed by atoms with Gasteiger partial charge in [0.2, 0.25) is 0 Å². The van der Waals surface area contributed by atoms with Gasteiger partial charge < -0.3 is 4.74 Å². The van der Waals surface area contributed by atoms with Gasteiger partial charge in [-0.15, -0.1) is 0 Å². The van der Waals surface area contributed by atoms with Gasteiger partial charge in [0.15, 0.2) is 0 Å². The largest absolute Gasteiger partial charge is 0.497 e. The molecule has 62 valence electrons. The molecule has 2 nitrogen and oxygen atoms in total. The van der Waals surface area contributed by atoms with E-state index in [9.17, 15) is 0 Å². The van der Waals surface area contributed by atoms with Crippen LogP contribution in [-0.2, 0) is 6.42 Å². The van der Waals surface area contributed by atoms with Crippen LogP contribution in [0.3, 0.4) is 0 Å². The summed E-state index contributed by atoms with van der Waals surface area (Å²) < 4.78 is 5.11. The topological polar surface area (TPSA) is 21.6 Å². The van der Waals surface area contributed by atoms with Crippen LogP contribution in [0.25, 0.3) is 0 Å². The van der Waals surface area contributed by atoms with Gasteiger partial charge >= 0.3 is 0 Å². The molecule has 1 heterocycles. The van der Waals surface area contributed by atoms with Gasteiger partial charge in [0.25, 0.3) is 0 Å². The van der Waals surface area contributed by atoms with Gasteiger partial charge in [-0.1, -0.05) is 6.07 Å². The highest BCUT2D eigenvalue weighted by Gasteiger charge is 2.10. The van der Waals surface area contributed by atoms with Crippen molar-refractivity contribution in [3.63, 3.8) is 0 Å². The van der Waals surface area contributed by atoms with E-state index in [-0.39, 0.29) is 0 Å². The van der Waals surface area contributed by atoms with Crippen molar-refractivity contribution in [3.8, 4) is 5.75 Å². The third-order valence-corrected chi connectivity index (χ3v) is 2.05. The molecule has 1 aliphatic rings. The number of hydrogen-bond acceptors (Lipinski definition) is 2. The zero-order chi connectivity index (χ0) is 8.55. The Morgan fingerprint density at radius 3 is 3.00 bits per heavy atom. The first-order valence-electron chi connectivity index (χ1n) is 4.00. The van der Waals surface area contributed by atoms with E-state index >= 15 is 0 Å². The maximum Gasteiger partial charge on any atom is 0.121 e. The number of rotatable bonds is 1. The molecule has 1 aromatic carbocycles. The summed E-state index contributed by atoms with van der Waals surface area (Å²) in [6.45, 7) is 2.05. The second kappa shape index (κ2) is 2.63. The zero-order valence-electron chi connectivity index (χ0n) is 7.29. The van der Waals surface area contributed by atoms with Crippen molar-refractivity contribution in [1.29, 1.82) is 0 Å². The fraction of sp³-hybridized carbons (Fsp3) is 0.300. The highest BCUT2D eigenvalue weighted by molar-refractivity contribution is 5.92. The number of benzene rings is 1. The molecule has 0 aliphatic carbocycles. The van der Waals surface area contributed by atoms with Gasteiger partial charge in [0.1, 0.15) is 5.75 Å². The van der Waals surface area contributed by atoms with Crippen LogP contribution in [0.4, 0.5) is 5.69 Å². The number of aliphatic imine (C=N–C) groups is 1. The Hall–Kier alpha value is -1.31. The minimum absolute atomic E-state index is 0.882. The first-order chi connectivity index (χ1) is 5.79. The molecule has 0 saturated heterocycles. The minimum atomic E-state index is 0.882. The van der Waals surface area contributed by atoms with Gasteiger partial charge in [0.05, 0.1) is 12.8 Å². The second-order valence-electron chi connectivity index (χ2n) is 3.02. The molecule has 2 rings (SSSR count). The maximum atomic E-state index is 5.11. The minimum Gasteiger partial charge on any atom is -0.497 e. The molecule has 1 aromatic rings. The van der Waals surface area contributed by atoms with Crippen LogP contribution in [0.15, 0.2) is 23.2 Å². The van der Waals surface area contributed by atoms with E-state index in [1.165, 1.54) is 11.3 Å². The van der Waals surface area contributed by atoms with Crippen LogP contribution in [0.2, 0.25) is 0 Å². The monoisotopic (exact) mass is 161 g/mol. The molecule has 1 aliphatic heterocycles. The average molecular weight is 161 g/mol. The highest BCUT2D eigenvalue weighted by atomic mass is 16.5. The molecular formula is C10H11NO. The first-order valence-corrected chi connectivity index (χ1v) is 4.00. The Bertz CT molecular complexity index is 342. The van der Waals surface area contributed by atoms with Crippen LogP contribution in [0.5, 0.6) is 5.75 Å². The molecule has 0 saturated carbocycles. The van der Waals surface area contributed by atoms with Crippen LogP contribution in [-0.4, -0.2) is 12.8 Å². The van der Waals surface area contributed by atoms with Gasteiger partial charge in [-0.2, -0.15) is 0 Å². The van der Waals surface area contributed by atoms with Crippen molar-refractivity contribution < 1.29 is 4.74 Å². The first kappa shape index (κ1) is 7.35. The van der Waals surface area contributed by atoms with Crippen LogP contribution in [0, 0.1) is 0 Å². The molecule has 0 aromatic heterocycles. The van der Waals surface area contributed by atoms with E-state index < -0.39 is 0 Å². The number of methoxy groups -OCH3 is 1. The molecule has 0 amide bonds. The summed E-state index contributed by atoms with van der Waals surface area (Å²) in [4.78, 5) is 4.40. The lowest BCUT2D eigenvalue weighted by Gasteiger charge is -2.00. The SMILES string of the molecule is COc1ccc2c(c1)N=C(C)C2. The van der Waals surface area contributed by atoms with Gasteiger partial charge in [-0.25, -0.2) is 0 Å². The summed E-state index contributed by atoms with van der Waals surface area (Å²) in [6, 6.07) is 6.03. The molecule has 0 bridgehead atoms. The molecule has 2 heteroatoms. The molecule has 0 unspecified atom stereocenters. The molecular weight excluding hydrogens is 150 g/mol. The fourth-order valence-corrected chi connectivity index (χ4v) is 1.44. The second-order valence-corrected chi connectivity index (χ2v) is 3.02. The van der Waals surface area contributed by atoms with Crippen molar-refractivity contribution in [2.45, 2.75) is 13.3 Å². The van der Waals surface area contributed by atoms with E-state index in [2.05, 4.69) is 11.1 Å². The van der Waals surface area contributed by atoms with Crippen molar-refractivity contribution in [1.82, 2.24) is 0 Å². The summed E-state index contributed by atoms with van der Waals surface area (Å²) >= 11 is 0. The lowest BCUT2D eigenvalue weighted by atomic mass is 10.1. The molecule has 12 heavy (non-hydrogen) atoms. The van der Waals surface area contributed by atoms with E-state index in [0.29, 0.717) is 0 Å². The third-order valence-electron chi connectivity index (χ3n) is 2.05. The molecule has 0 spiro atoms. The Morgan fingerprint density at radius 2 is 2.25 bits per heavy atom. The molecule has 0 fully saturated rings. The lowest BCUT2D eigenvalue weighted by molar-refractivity contribution is 0.415. The van der Waals surface area contributed by atoms with Gasteiger partial charge in [-0.05, 0) is 18.6 Å². The predicted octanol–water partition coefficient (Wildman–Crippen LogP) is 2.34. The lowest BCUT2D eigenvalue weighted by Crippen LogP contribution is -1.88. The Balaban J connectivity index is 2.45. The fourth-order valence-electron chi connectivity index (χ4n) is 1.44. The van der Waals surface area contributed by atoms with Crippen molar-refractivity contribution in [2.24, 2.45) is 4.99 Å². The van der Waals surface area contributed by atoms with E-state index in [1.807, 2.05) is 19.1 Å². The normalized spacial score (nSPS) is 14.0. The maximum absolute atomic E-state index is 5.11. The van der Waals surface area contributed by atoms with E-state index in [1.54, 1.807) is 7.11 Å². The quantitative estimate of drug-likeness (QED) is 0.619. The Kier molecular flexibility index (Phi) is 1.61. The van der Waals surface area contributed by atoms with Crippen molar-refractivity contribution >= 4 is 11.4 Å². The third kappa shape index (κ3) is 1.09. The number of fused-ring (bicyclic) bond motifs is 1. The summed E-state index contributed by atoms with van der Waals surface area (Å²) in [5, 5.41) is 0. The van der Waals surface area contributed by atoms with Crippen molar-refractivity contribution in [3.05, 3.63) is 23.8 Å². The summed E-state index contributed by atoms with van der Waals surface area (Å²) in [7, 11) is 1.67. The average Bonchev–Trinajstić information content (AvgIpc) is 2.43. The van der Waals surface area contributed by atoms with Crippen LogP contribution in [0.1, 0.15) is 12.5 Å². The van der Waals surface area contributed by atoms with Gasteiger partial charge in [-0.3, -0.25) is 4.99 Å². The number of ether oxygens (including phenoxy) is 1. The highest BCUT2D eigenvalue weighted by Crippen LogP contribution is 2.30. The number of nitrogens with zero attached hydrogens (tertiary/aromatic N) is 1. The van der Waals surface area contributed by atoms with E-state index in [4.69, 9.17) is 4.74 Å². The smallest absolute Gasteiger partial charge is 0.121 e. The molecule has 0 radical (unpaired) electrons. The Morgan fingerprint density at radius 1 is 1.42 bits per heavy atom. The van der Waals surface area contributed by atoms with Crippen molar-refractivity contribution in [2.75, 3.05) is 7.11 Å². The Labute approximate surface area is 71.9 Å². The summed E-state index contributed by atoms with van der Waals surface area (Å²) in [5.41, 5.74) is 3.54. The summed E-state index contributed by atoms with van der Waals surface area (Å²) in [6.07, 6.45) is 0.985. The number of hydrogen-bond donors (Lipinski definition) is 0.